The third kappa shape index (κ3) is 2.74. The summed E-state index contributed by atoms with van der Waals surface area (Å²) >= 11 is 0. The van der Waals surface area contributed by atoms with Crippen LogP contribution in [0.1, 0.15) is 60.1 Å². The fourth-order valence-electron chi connectivity index (χ4n) is 4.29. The Kier molecular flexibility index (Phi) is 4.12. The van der Waals surface area contributed by atoms with Gasteiger partial charge in [-0.25, -0.2) is 4.98 Å². The molecule has 4 heteroatoms. The number of nitrogens with zero attached hydrogens (tertiary/aromatic N) is 4. The molecule has 1 aromatic carbocycles. The van der Waals surface area contributed by atoms with Crippen LogP contribution in [0.3, 0.4) is 0 Å². The Morgan fingerprint density at radius 3 is 2.96 bits per heavy atom. The van der Waals surface area contributed by atoms with Crippen molar-refractivity contribution in [3.05, 3.63) is 52.6 Å². The van der Waals surface area contributed by atoms with Crippen LogP contribution in [0.2, 0.25) is 0 Å². The molecule has 4 nitrogen and oxygen atoms in total. The summed E-state index contributed by atoms with van der Waals surface area (Å²) in [5.74, 6) is 1.25. The number of hydrogen-bond donors (Lipinski definition) is 0. The first-order chi connectivity index (χ1) is 11.8. The van der Waals surface area contributed by atoms with E-state index >= 15 is 0 Å². The van der Waals surface area contributed by atoms with Gasteiger partial charge in [-0.15, -0.1) is 0 Å². The van der Waals surface area contributed by atoms with Gasteiger partial charge in [0, 0.05) is 19.3 Å². The van der Waals surface area contributed by atoms with E-state index in [0.29, 0.717) is 6.04 Å². The van der Waals surface area contributed by atoms with Crippen molar-refractivity contribution in [2.75, 3.05) is 6.54 Å². The van der Waals surface area contributed by atoms with Crippen molar-refractivity contribution in [1.29, 1.82) is 5.26 Å². The lowest BCUT2D eigenvalue weighted by molar-refractivity contribution is 0.236. The molecule has 1 aromatic heterocycles. The number of imidazole rings is 1. The molecular formula is C20H24N4. The van der Waals surface area contributed by atoms with Crippen LogP contribution >= 0.6 is 0 Å². The lowest BCUT2D eigenvalue weighted by Gasteiger charge is -2.24. The van der Waals surface area contributed by atoms with Gasteiger partial charge in [0.25, 0.3) is 0 Å². The van der Waals surface area contributed by atoms with Gasteiger partial charge >= 0.3 is 0 Å². The van der Waals surface area contributed by atoms with Gasteiger partial charge in [-0.05, 0) is 62.8 Å². The Labute approximate surface area is 143 Å². The number of rotatable bonds is 3. The number of likely N-dealkylation sites (tertiary alicyclic amines) is 1. The Balaban J connectivity index is 1.59. The third-order valence-corrected chi connectivity index (χ3v) is 5.51. The zero-order valence-corrected chi connectivity index (χ0v) is 14.3. The third-order valence-electron chi connectivity index (χ3n) is 5.51. The van der Waals surface area contributed by atoms with Crippen molar-refractivity contribution in [1.82, 2.24) is 14.5 Å². The topological polar surface area (TPSA) is 44.9 Å². The van der Waals surface area contributed by atoms with Crippen LogP contribution in [0.25, 0.3) is 0 Å². The molecule has 1 unspecified atom stereocenters. The number of benzene rings is 1. The molecule has 0 bridgehead atoms. The first kappa shape index (κ1) is 15.4. The second kappa shape index (κ2) is 6.41. The summed E-state index contributed by atoms with van der Waals surface area (Å²) in [7, 11) is 2.19. The van der Waals surface area contributed by atoms with Gasteiger partial charge in [-0.3, -0.25) is 4.90 Å². The van der Waals surface area contributed by atoms with Crippen LogP contribution in [0.15, 0.2) is 24.3 Å². The first-order valence-electron chi connectivity index (χ1n) is 9.03. The minimum absolute atomic E-state index is 0.409. The normalized spacial score (nSPS) is 20.8. The molecule has 4 rings (SSSR count). The lowest BCUT2D eigenvalue weighted by atomic mass is 10.0. The van der Waals surface area contributed by atoms with Crippen molar-refractivity contribution < 1.29 is 0 Å². The van der Waals surface area contributed by atoms with E-state index in [-0.39, 0.29) is 0 Å². The number of aromatic nitrogens is 2. The van der Waals surface area contributed by atoms with Crippen molar-refractivity contribution in [3.63, 3.8) is 0 Å². The summed E-state index contributed by atoms with van der Waals surface area (Å²) in [4.78, 5) is 7.56. The van der Waals surface area contributed by atoms with Gasteiger partial charge in [-0.2, -0.15) is 5.26 Å². The average molecular weight is 320 g/mol. The molecule has 1 atom stereocenters. The van der Waals surface area contributed by atoms with Crippen LogP contribution in [0, 0.1) is 11.3 Å². The average Bonchev–Trinajstić information content (AvgIpc) is 3.20. The van der Waals surface area contributed by atoms with Gasteiger partial charge in [0.05, 0.1) is 23.4 Å². The fourth-order valence-corrected chi connectivity index (χ4v) is 4.29. The number of nitriles is 1. The van der Waals surface area contributed by atoms with Crippen LogP contribution < -0.4 is 0 Å². The molecule has 124 valence electrons. The highest BCUT2D eigenvalue weighted by Gasteiger charge is 2.31. The first-order valence-corrected chi connectivity index (χ1v) is 9.03. The van der Waals surface area contributed by atoms with Gasteiger partial charge < -0.3 is 4.57 Å². The van der Waals surface area contributed by atoms with E-state index in [1.54, 1.807) is 0 Å². The smallest absolute Gasteiger partial charge is 0.126 e. The van der Waals surface area contributed by atoms with Gasteiger partial charge in [0.1, 0.15) is 5.82 Å². The second-order valence-corrected chi connectivity index (χ2v) is 7.07. The largest absolute Gasteiger partial charge is 0.334 e. The Bertz CT molecular complexity index is 783. The van der Waals surface area contributed by atoms with Crippen molar-refractivity contribution >= 4 is 0 Å². The zero-order chi connectivity index (χ0) is 16.5. The number of aryl methyl sites for hydroxylation is 1. The SMILES string of the molecule is Cn1c(C2CCCN2Cc2cccc(C#N)c2)nc2c1CCCC2. The highest BCUT2D eigenvalue weighted by molar-refractivity contribution is 5.33. The van der Waals surface area contributed by atoms with E-state index in [0.717, 1.165) is 25.1 Å². The van der Waals surface area contributed by atoms with Gasteiger partial charge in [0.2, 0.25) is 0 Å². The van der Waals surface area contributed by atoms with Gasteiger partial charge in [0.15, 0.2) is 0 Å². The summed E-state index contributed by atoms with van der Waals surface area (Å²) in [5, 5.41) is 9.11. The summed E-state index contributed by atoms with van der Waals surface area (Å²) in [6, 6.07) is 10.6. The molecular weight excluding hydrogens is 296 g/mol. The maximum Gasteiger partial charge on any atom is 0.126 e. The molecule has 0 N–H and O–H groups in total. The summed E-state index contributed by atoms with van der Waals surface area (Å²) < 4.78 is 2.36. The Morgan fingerprint density at radius 2 is 2.12 bits per heavy atom. The van der Waals surface area contributed by atoms with Crippen LogP contribution in [-0.2, 0) is 26.4 Å². The van der Waals surface area contributed by atoms with Crippen molar-refractivity contribution in [3.8, 4) is 6.07 Å². The molecule has 1 saturated heterocycles. The van der Waals surface area contributed by atoms with Crippen LogP contribution in [0.4, 0.5) is 0 Å². The van der Waals surface area contributed by atoms with Crippen LogP contribution in [0.5, 0.6) is 0 Å². The van der Waals surface area contributed by atoms with Crippen molar-refractivity contribution in [2.45, 2.75) is 51.1 Å². The van der Waals surface area contributed by atoms with E-state index in [9.17, 15) is 0 Å². The van der Waals surface area contributed by atoms with E-state index in [4.69, 9.17) is 10.2 Å². The van der Waals surface area contributed by atoms with E-state index in [1.807, 2.05) is 18.2 Å². The molecule has 1 aliphatic carbocycles. The molecule has 0 spiro atoms. The number of fused-ring (bicyclic) bond motifs is 1. The molecule has 1 aliphatic heterocycles. The molecule has 24 heavy (non-hydrogen) atoms. The standard InChI is InChI=1S/C20H24N4/c1-23-18-9-3-2-8-17(18)22-20(23)19-10-5-11-24(19)14-16-7-4-6-15(12-16)13-21/h4,6-7,12,19H,2-3,5,8-11,14H2,1H3. The zero-order valence-electron chi connectivity index (χ0n) is 14.3. The second-order valence-electron chi connectivity index (χ2n) is 7.07. The van der Waals surface area contributed by atoms with Crippen molar-refractivity contribution in [2.24, 2.45) is 7.05 Å². The lowest BCUT2D eigenvalue weighted by Crippen LogP contribution is -2.25. The highest BCUT2D eigenvalue weighted by atomic mass is 15.2. The predicted octanol–water partition coefficient (Wildman–Crippen LogP) is 3.51. The summed E-state index contributed by atoms with van der Waals surface area (Å²) in [5.41, 5.74) is 4.75. The Morgan fingerprint density at radius 1 is 1.25 bits per heavy atom. The van der Waals surface area contributed by atoms with E-state index in [2.05, 4.69) is 28.7 Å². The molecule has 2 aromatic rings. The number of hydrogen-bond acceptors (Lipinski definition) is 3. The minimum Gasteiger partial charge on any atom is -0.334 e. The quantitative estimate of drug-likeness (QED) is 0.869. The molecule has 1 fully saturated rings. The molecule has 0 amide bonds. The van der Waals surface area contributed by atoms with Crippen LogP contribution in [-0.4, -0.2) is 21.0 Å². The predicted molar refractivity (Wildman–Crippen MR) is 93.4 cm³/mol. The maximum atomic E-state index is 9.11. The minimum atomic E-state index is 0.409. The maximum absolute atomic E-state index is 9.11. The monoisotopic (exact) mass is 320 g/mol. The molecule has 0 saturated carbocycles. The Hall–Kier alpha value is -2.12. The summed E-state index contributed by atoms with van der Waals surface area (Å²) in [6.45, 7) is 2.01. The summed E-state index contributed by atoms with van der Waals surface area (Å²) in [6.07, 6.45) is 7.29. The highest BCUT2D eigenvalue weighted by Crippen LogP contribution is 2.34. The van der Waals surface area contributed by atoms with Gasteiger partial charge in [-0.1, -0.05) is 12.1 Å². The van der Waals surface area contributed by atoms with E-state index in [1.165, 1.54) is 54.9 Å². The molecule has 2 aliphatic rings. The molecule has 0 radical (unpaired) electrons. The fraction of sp³-hybridized carbons (Fsp3) is 0.500. The van der Waals surface area contributed by atoms with E-state index < -0.39 is 0 Å². The molecule has 2 heterocycles.